The molecule has 0 radical (unpaired) electrons. The van der Waals surface area contributed by atoms with Crippen molar-refractivity contribution >= 4 is 5.91 Å². The number of aryl methyl sites for hydroxylation is 2. The van der Waals surface area contributed by atoms with Crippen LogP contribution in [0.4, 0.5) is 0 Å². The van der Waals surface area contributed by atoms with Crippen LogP contribution in [0.15, 0.2) is 18.2 Å². The molecule has 2 aliphatic carbocycles. The Bertz CT molecular complexity index is 501. The highest BCUT2D eigenvalue weighted by Gasteiger charge is 2.53. The molecule has 1 aliphatic heterocycles. The number of fused-ring (bicyclic) bond motifs is 2. The fourth-order valence-corrected chi connectivity index (χ4v) is 3.58. The minimum Gasteiger partial charge on any atom is -0.349 e. The van der Waals surface area contributed by atoms with E-state index in [4.69, 9.17) is 0 Å². The number of benzene rings is 1. The van der Waals surface area contributed by atoms with Crippen molar-refractivity contribution in [3.05, 3.63) is 34.9 Å². The van der Waals surface area contributed by atoms with Crippen molar-refractivity contribution in [1.29, 1.82) is 0 Å². The number of rotatable bonds is 2. The molecule has 1 heterocycles. The van der Waals surface area contributed by atoms with Gasteiger partial charge in [0.25, 0.3) is 5.91 Å². The molecule has 0 bridgehead atoms. The van der Waals surface area contributed by atoms with Crippen molar-refractivity contribution in [2.45, 2.75) is 25.3 Å². The number of hydrogen-bond donors (Lipinski definition) is 2. The standard InChI is InChI=1S/C15H18N2O/c18-15(17-14-12-7-16-8-13(12)14)11-5-4-9-2-1-3-10(9)6-11/h4-6,12-14,16H,1-3,7-8H2,(H,17,18). The molecule has 2 fully saturated rings. The minimum absolute atomic E-state index is 0.115. The van der Waals surface area contributed by atoms with Crippen LogP contribution in [0.3, 0.4) is 0 Å². The second-order valence-corrected chi connectivity index (χ2v) is 5.82. The molecule has 1 aromatic carbocycles. The lowest BCUT2D eigenvalue weighted by molar-refractivity contribution is 0.0946. The molecule has 1 aromatic rings. The summed E-state index contributed by atoms with van der Waals surface area (Å²) in [7, 11) is 0. The van der Waals surface area contributed by atoms with Crippen molar-refractivity contribution in [2.24, 2.45) is 11.8 Å². The Morgan fingerprint density at radius 3 is 2.78 bits per heavy atom. The second-order valence-electron chi connectivity index (χ2n) is 5.82. The van der Waals surface area contributed by atoms with Crippen molar-refractivity contribution in [3.63, 3.8) is 0 Å². The second kappa shape index (κ2) is 3.82. The van der Waals surface area contributed by atoms with E-state index in [0.717, 1.165) is 25.1 Å². The van der Waals surface area contributed by atoms with Gasteiger partial charge in [-0.05, 0) is 54.4 Å². The van der Waals surface area contributed by atoms with E-state index >= 15 is 0 Å². The van der Waals surface area contributed by atoms with Gasteiger partial charge in [0, 0.05) is 24.7 Å². The highest BCUT2D eigenvalue weighted by molar-refractivity contribution is 5.95. The van der Waals surface area contributed by atoms with Gasteiger partial charge in [0.2, 0.25) is 0 Å². The van der Waals surface area contributed by atoms with Crippen LogP contribution in [0, 0.1) is 11.8 Å². The van der Waals surface area contributed by atoms with E-state index in [1.165, 1.54) is 24.0 Å². The molecule has 3 heteroatoms. The first-order valence-electron chi connectivity index (χ1n) is 6.96. The summed E-state index contributed by atoms with van der Waals surface area (Å²) < 4.78 is 0. The molecule has 2 atom stereocenters. The van der Waals surface area contributed by atoms with Crippen LogP contribution >= 0.6 is 0 Å². The van der Waals surface area contributed by atoms with Crippen molar-refractivity contribution in [2.75, 3.05) is 13.1 Å². The van der Waals surface area contributed by atoms with Crippen LogP contribution in [0.5, 0.6) is 0 Å². The predicted molar refractivity (Wildman–Crippen MR) is 69.6 cm³/mol. The average Bonchev–Trinajstić information content (AvgIpc) is 2.82. The van der Waals surface area contributed by atoms with E-state index in [1.807, 2.05) is 6.07 Å². The lowest BCUT2D eigenvalue weighted by atomic mass is 10.1. The van der Waals surface area contributed by atoms with Gasteiger partial charge in [0.05, 0.1) is 0 Å². The summed E-state index contributed by atoms with van der Waals surface area (Å²) in [5.41, 5.74) is 3.65. The topological polar surface area (TPSA) is 41.1 Å². The zero-order valence-corrected chi connectivity index (χ0v) is 10.4. The monoisotopic (exact) mass is 242 g/mol. The van der Waals surface area contributed by atoms with Crippen LogP contribution < -0.4 is 10.6 Å². The Balaban J connectivity index is 1.48. The number of carbonyl (C=O) groups excluding carboxylic acids is 1. The lowest BCUT2D eigenvalue weighted by Gasteiger charge is -2.09. The van der Waals surface area contributed by atoms with Crippen LogP contribution in [0.25, 0.3) is 0 Å². The molecular weight excluding hydrogens is 224 g/mol. The number of piperidine rings is 1. The van der Waals surface area contributed by atoms with Crippen molar-refractivity contribution < 1.29 is 4.79 Å². The average molecular weight is 242 g/mol. The summed E-state index contributed by atoms with van der Waals surface area (Å²) in [6, 6.07) is 6.63. The molecule has 4 rings (SSSR count). The third-order valence-electron chi connectivity index (χ3n) is 4.75. The van der Waals surface area contributed by atoms with Gasteiger partial charge in [0.15, 0.2) is 0 Å². The normalized spacial score (nSPS) is 31.9. The number of carbonyl (C=O) groups is 1. The minimum atomic E-state index is 0.115. The maximum absolute atomic E-state index is 12.2. The van der Waals surface area contributed by atoms with Crippen molar-refractivity contribution in [3.8, 4) is 0 Å². The molecule has 3 aliphatic rings. The summed E-state index contributed by atoms with van der Waals surface area (Å²) in [6.45, 7) is 2.14. The largest absolute Gasteiger partial charge is 0.349 e. The fraction of sp³-hybridized carbons (Fsp3) is 0.533. The Kier molecular flexibility index (Phi) is 2.24. The molecule has 1 saturated carbocycles. The first-order chi connectivity index (χ1) is 8.83. The first-order valence-corrected chi connectivity index (χ1v) is 6.96. The first kappa shape index (κ1) is 10.6. The smallest absolute Gasteiger partial charge is 0.251 e. The molecule has 2 N–H and O–H groups in total. The zero-order chi connectivity index (χ0) is 12.1. The maximum atomic E-state index is 12.2. The Labute approximate surface area is 107 Å². The molecule has 0 aromatic heterocycles. The van der Waals surface area contributed by atoms with Gasteiger partial charge in [0.1, 0.15) is 0 Å². The van der Waals surface area contributed by atoms with E-state index in [1.54, 1.807) is 0 Å². The van der Waals surface area contributed by atoms with Gasteiger partial charge < -0.3 is 10.6 Å². The van der Waals surface area contributed by atoms with Gasteiger partial charge in [-0.3, -0.25) is 4.79 Å². The number of amides is 1. The van der Waals surface area contributed by atoms with E-state index < -0.39 is 0 Å². The Hall–Kier alpha value is -1.35. The fourth-order valence-electron chi connectivity index (χ4n) is 3.58. The molecule has 18 heavy (non-hydrogen) atoms. The summed E-state index contributed by atoms with van der Waals surface area (Å²) in [5.74, 6) is 1.48. The van der Waals surface area contributed by atoms with Gasteiger partial charge in [-0.25, -0.2) is 0 Å². The molecule has 3 nitrogen and oxygen atoms in total. The SMILES string of the molecule is O=C(NC1C2CNCC21)c1ccc2c(c1)CCC2. The lowest BCUT2D eigenvalue weighted by Crippen LogP contribution is -2.32. The molecular formula is C15H18N2O. The van der Waals surface area contributed by atoms with Gasteiger partial charge >= 0.3 is 0 Å². The zero-order valence-electron chi connectivity index (χ0n) is 10.4. The van der Waals surface area contributed by atoms with Crippen LogP contribution in [-0.2, 0) is 12.8 Å². The predicted octanol–water partition coefficient (Wildman–Crippen LogP) is 1.12. The van der Waals surface area contributed by atoms with E-state index in [-0.39, 0.29) is 5.91 Å². The molecule has 2 unspecified atom stereocenters. The summed E-state index contributed by atoms with van der Waals surface area (Å²) in [6.07, 6.45) is 3.55. The number of nitrogens with one attached hydrogen (secondary N) is 2. The van der Waals surface area contributed by atoms with Gasteiger partial charge in [-0.2, -0.15) is 0 Å². The molecule has 0 spiro atoms. The van der Waals surface area contributed by atoms with E-state index in [2.05, 4.69) is 22.8 Å². The molecule has 1 amide bonds. The maximum Gasteiger partial charge on any atom is 0.251 e. The number of hydrogen-bond acceptors (Lipinski definition) is 2. The Morgan fingerprint density at radius 2 is 1.94 bits per heavy atom. The van der Waals surface area contributed by atoms with Crippen LogP contribution in [0.2, 0.25) is 0 Å². The highest BCUT2D eigenvalue weighted by atomic mass is 16.1. The van der Waals surface area contributed by atoms with Gasteiger partial charge in [-0.15, -0.1) is 0 Å². The third-order valence-corrected chi connectivity index (χ3v) is 4.75. The van der Waals surface area contributed by atoms with Gasteiger partial charge in [-0.1, -0.05) is 6.07 Å². The van der Waals surface area contributed by atoms with Crippen LogP contribution in [0.1, 0.15) is 27.9 Å². The Morgan fingerprint density at radius 1 is 1.17 bits per heavy atom. The third kappa shape index (κ3) is 1.57. The summed E-state index contributed by atoms with van der Waals surface area (Å²) in [4.78, 5) is 12.2. The highest BCUT2D eigenvalue weighted by Crippen LogP contribution is 2.41. The molecule has 94 valence electrons. The summed E-state index contributed by atoms with van der Waals surface area (Å²) >= 11 is 0. The van der Waals surface area contributed by atoms with E-state index in [9.17, 15) is 4.79 Å². The molecule has 1 saturated heterocycles. The van der Waals surface area contributed by atoms with Crippen molar-refractivity contribution in [1.82, 2.24) is 10.6 Å². The summed E-state index contributed by atoms with van der Waals surface area (Å²) in [5, 5.41) is 6.53. The van der Waals surface area contributed by atoms with E-state index in [0.29, 0.717) is 17.9 Å². The van der Waals surface area contributed by atoms with Crippen LogP contribution in [-0.4, -0.2) is 25.0 Å². The quantitative estimate of drug-likeness (QED) is 0.816.